The lowest BCUT2D eigenvalue weighted by molar-refractivity contribution is 0.209. The van der Waals surface area contributed by atoms with Crippen LogP contribution in [0.1, 0.15) is 25.0 Å². The largest absolute Gasteiger partial charge is 0.420 e. The summed E-state index contributed by atoms with van der Waals surface area (Å²) in [6, 6.07) is 0. The van der Waals surface area contributed by atoms with Gasteiger partial charge in [-0.25, -0.2) is 13.9 Å². The van der Waals surface area contributed by atoms with Gasteiger partial charge in [-0.2, -0.15) is 11.5 Å². The van der Waals surface area contributed by atoms with Crippen molar-refractivity contribution in [3.05, 3.63) is 36.4 Å². The van der Waals surface area contributed by atoms with Gasteiger partial charge in [-0.15, -0.1) is 0 Å². The molecule has 0 saturated heterocycles. The van der Waals surface area contributed by atoms with Gasteiger partial charge in [0.25, 0.3) is 0 Å². The Kier molecular flexibility index (Phi) is 2.64. The van der Waals surface area contributed by atoms with Crippen LogP contribution < -0.4 is 0 Å². The van der Waals surface area contributed by atoms with Crippen molar-refractivity contribution in [2.45, 2.75) is 19.4 Å². The first-order valence-corrected chi connectivity index (χ1v) is 4.72. The molecular weight excluding hydrogens is 197 g/mol. The molecule has 1 unspecified atom stereocenters. The van der Waals surface area contributed by atoms with Crippen molar-refractivity contribution < 1.29 is 9.50 Å². The Hall–Kier alpha value is -1.49. The molecule has 0 aliphatic heterocycles. The molecule has 1 atom stereocenters. The second-order valence-electron chi connectivity index (χ2n) is 3.23. The first-order chi connectivity index (χ1) is 7.22. The first-order valence-electron chi connectivity index (χ1n) is 4.72. The van der Waals surface area contributed by atoms with Gasteiger partial charge in [-0.3, -0.25) is 6.42 Å². The van der Waals surface area contributed by atoms with E-state index in [0.717, 1.165) is 12.6 Å². The predicted molar refractivity (Wildman–Crippen MR) is 52.5 cm³/mol. The maximum absolute atomic E-state index is 12.8. The summed E-state index contributed by atoms with van der Waals surface area (Å²) in [4.78, 5) is 3.89. The van der Waals surface area contributed by atoms with Gasteiger partial charge < -0.3 is 5.11 Å². The minimum Gasteiger partial charge on any atom is -0.420 e. The molecule has 0 saturated carbocycles. The number of aliphatic hydroxyl groups excluding tert-OH is 1. The second kappa shape index (κ2) is 3.94. The number of hydrogen-bond donors (Lipinski definition) is 1. The van der Waals surface area contributed by atoms with Crippen molar-refractivity contribution in [3.8, 4) is 0 Å². The number of fused-ring (bicyclic) bond motifs is 1. The van der Waals surface area contributed by atoms with Crippen molar-refractivity contribution in [3.63, 3.8) is 0 Å². The fourth-order valence-corrected chi connectivity index (χ4v) is 1.43. The lowest BCUT2D eigenvalue weighted by Crippen LogP contribution is -1.99. The van der Waals surface area contributed by atoms with E-state index in [2.05, 4.69) is 10.1 Å². The van der Waals surface area contributed by atoms with E-state index in [1.54, 1.807) is 6.42 Å². The fourth-order valence-electron chi connectivity index (χ4n) is 1.43. The smallest absolute Gasteiger partial charge is 0.159 e. The topological polar surface area (TPSA) is 50.4 Å². The van der Waals surface area contributed by atoms with E-state index in [9.17, 15) is 9.50 Å². The normalized spacial score (nSPS) is 13.3. The molecular formula is C10H11FN3O-. The first kappa shape index (κ1) is 10.0. The molecule has 2 rings (SSSR count). The Morgan fingerprint density at radius 2 is 2.40 bits per heavy atom. The molecule has 15 heavy (non-hydrogen) atoms. The number of hydrogen-bond acceptors (Lipinski definition) is 3. The van der Waals surface area contributed by atoms with E-state index in [1.807, 2.05) is 6.92 Å². The van der Waals surface area contributed by atoms with E-state index < -0.39 is 11.9 Å². The van der Waals surface area contributed by atoms with Crippen molar-refractivity contribution in [2.24, 2.45) is 0 Å². The Balaban J connectivity index is 2.44. The summed E-state index contributed by atoms with van der Waals surface area (Å²) in [7, 11) is 0. The predicted octanol–water partition coefficient (Wildman–Crippen LogP) is 1.52. The molecule has 0 aliphatic rings. The van der Waals surface area contributed by atoms with Crippen molar-refractivity contribution in [2.75, 3.05) is 0 Å². The number of aliphatic hydroxyl groups is 1. The summed E-state index contributed by atoms with van der Waals surface area (Å²) in [6.07, 6.45) is 5.62. The van der Waals surface area contributed by atoms with Crippen LogP contribution in [0.2, 0.25) is 0 Å². The molecule has 0 fully saturated rings. The maximum atomic E-state index is 12.8. The van der Waals surface area contributed by atoms with Gasteiger partial charge in [0, 0.05) is 5.56 Å². The van der Waals surface area contributed by atoms with E-state index in [4.69, 9.17) is 0 Å². The van der Waals surface area contributed by atoms with Gasteiger partial charge in [0.2, 0.25) is 0 Å². The molecule has 80 valence electrons. The zero-order chi connectivity index (χ0) is 10.8. The minimum atomic E-state index is -0.703. The van der Waals surface area contributed by atoms with Gasteiger partial charge in [0.1, 0.15) is 0 Å². The molecule has 1 N–H and O–H groups in total. The Morgan fingerprint density at radius 3 is 3.13 bits per heavy atom. The second-order valence-corrected chi connectivity index (χ2v) is 3.23. The number of aromatic nitrogens is 3. The van der Waals surface area contributed by atoms with Crippen LogP contribution in [-0.4, -0.2) is 19.7 Å². The number of halogens is 1. The van der Waals surface area contributed by atoms with Gasteiger partial charge in [0.05, 0.1) is 18.6 Å². The molecule has 4 nitrogen and oxygen atoms in total. The van der Waals surface area contributed by atoms with E-state index >= 15 is 0 Å². The van der Waals surface area contributed by atoms with Crippen LogP contribution in [0.5, 0.6) is 0 Å². The monoisotopic (exact) mass is 208 g/mol. The SMILES string of the molecule is CC[CH-]C(O)c1cnn2cc(F)cnc12. The Labute approximate surface area is 86.4 Å². The van der Waals surface area contributed by atoms with Crippen LogP contribution in [0, 0.1) is 12.2 Å². The van der Waals surface area contributed by atoms with Crippen LogP contribution in [-0.2, 0) is 0 Å². The molecule has 0 aromatic carbocycles. The summed E-state index contributed by atoms with van der Waals surface area (Å²) in [5, 5.41) is 13.7. The third-order valence-electron chi connectivity index (χ3n) is 2.13. The summed E-state index contributed by atoms with van der Waals surface area (Å²) in [5.74, 6) is -0.453. The van der Waals surface area contributed by atoms with Crippen LogP contribution in [0.15, 0.2) is 18.6 Å². The quantitative estimate of drug-likeness (QED) is 0.778. The summed E-state index contributed by atoms with van der Waals surface area (Å²) < 4.78 is 14.1. The molecule has 0 amide bonds. The number of rotatable bonds is 3. The van der Waals surface area contributed by atoms with Gasteiger partial charge >= 0.3 is 0 Å². The highest BCUT2D eigenvalue weighted by Gasteiger charge is 2.08. The Morgan fingerprint density at radius 1 is 1.60 bits per heavy atom. The van der Waals surface area contributed by atoms with E-state index in [1.165, 1.54) is 16.9 Å². The summed E-state index contributed by atoms with van der Waals surface area (Å²) in [6.45, 7) is 1.93. The standard InChI is InChI=1S/C10H11FN3O/c1-2-3-9(15)8-5-13-14-6-7(11)4-12-10(8)14/h3-6,9,15H,2H2,1H3/q-1. The maximum Gasteiger partial charge on any atom is 0.159 e. The molecule has 0 bridgehead atoms. The van der Waals surface area contributed by atoms with Crippen molar-refractivity contribution in [1.82, 2.24) is 14.6 Å². The summed E-state index contributed by atoms with van der Waals surface area (Å²) in [5.41, 5.74) is 1.07. The van der Waals surface area contributed by atoms with Crippen LogP contribution in [0.3, 0.4) is 0 Å². The zero-order valence-electron chi connectivity index (χ0n) is 8.26. The molecule has 2 heterocycles. The van der Waals surface area contributed by atoms with Crippen molar-refractivity contribution >= 4 is 5.65 Å². The number of nitrogens with zero attached hydrogens (tertiary/aromatic N) is 3. The molecule has 2 aromatic rings. The van der Waals surface area contributed by atoms with Crippen molar-refractivity contribution in [1.29, 1.82) is 0 Å². The van der Waals surface area contributed by atoms with Crippen LogP contribution in [0.4, 0.5) is 4.39 Å². The molecule has 0 radical (unpaired) electrons. The lowest BCUT2D eigenvalue weighted by Gasteiger charge is -2.16. The highest BCUT2D eigenvalue weighted by Crippen LogP contribution is 2.20. The lowest BCUT2D eigenvalue weighted by atomic mass is 10.1. The molecule has 2 aromatic heterocycles. The van der Waals surface area contributed by atoms with E-state index in [0.29, 0.717) is 11.2 Å². The third kappa shape index (κ3) is 1.83. The van der Waals surface area contributed by atoms with Crippen LogP contribution >= 0.6 is 0 Å². The molecule has 0 spiro atoms. The Bertz CT molecular complexity index is 469. The minimum absolute atomic E-state index is 0.453. The zero-order valence-corrected chi connectivity index (χ0v) is 8.26. The highest BCUT2D eigenvalue weighted by molar-refractivity contribution is 5.47. The van der Waals surface area contributed by atoms with Gasteiger partial charge in [0.15, 0.2) is 11.5 Å². The average molecular weight is 208 g/mol. The fraction of sp³-hybridized carbons (Fsp3) is 0.300. The molecule has 5 heteroatoms. The highest BCUT2D eigenvalue weighted by atomic mass is 19.1. The van der Waals surface area contributed by atoms with Crippen LogP contribution in [0.25, 0.3) is 5.65 Å². The molecule has 0 aliphatic carbocycles. The average Bonchev–Trinajstić information content (AvgIpc) is 2.60. The summed E-state index contributed by atoms with van der Waals surface area (Å²) >= 11 is 0. The van der Waals surface area contributed by atoms with Gasteiger partial charge in [-0.1, -0.05) is 6.92 Å². The van der Waals surface area contributed by atoms with E-state index in [-0.39, 0.29) is 0 Å². The third-order valence-corrected chi connectivity index (χ3v) is 2.13. The van der Waals surface area contributed by atoms with Gasteiger partial charge in [-0.05, 0) is 6.10 Å².